The summed E-state index contributed by atoms with van der Waals surface area (Å²) >= 11 is 0. The van der Waals surface area contributed by atoms with Gasteiger partial charge in [0.25, 0.3) is 5.91 Å². The minimum Gasteiger partial charge on any atom is -0.356 e. The molecule has 1 aliphatic heterocycles. The van der Waals surface area contributed by atoms with Crippen LogP contribution < -0.4 is 4.72 Å². The fourth-order valence-corrected chi connectivity index (χ4v) is 4.08. The van der Waals surface area contributed by atoms with Gasteiger partial charge in [-0.2, -0.15) is 0 Å². The van der Waals surface area contributed by atoms with Crippen LogP contribution in [0.4, 0.5) is 0 Å². The Morgan fingerprint density at radius 3 is 2.54 bits per heavy atom. The Labute approximate surface area is 141 Å². The molecule has 6 nitrogen and oxygen atoms in total. The van der Waals surface area contributed by atoms with Crippen molar-refractivity contribution in [1.82, 2.24) is 14.6 Å². The van der Waals surface area contributed by atoms with Gasteiger partial charge in [0.2, 0.25) is 10.0 Å². The SMILES string of the molecule is CC(NS(=O)(=O)c1c[nH]c(C(=O)N2CCCC2)c1)c1ccccc1. The van der Waals surface area contributed by atoms with Gasteiger partial charge in [0.1, 0.15) is 10.6 Å². The molecule has 0 radical (unpaired) electrons. The quantitative estimate of drug-likeness (QED) is 0.870. The second-order valence-electron chi connectivity index (χ2n) is 6.00. The number of hydrogen-bond donors (Lipinski definition) is 2. The number of likely N-dealkylation sites (tertiary alicyclic amines) is 1. The van der Waals surface area contributed by atoms with Crippen molar-refractivity contribution in [2.45, 2.75) is 30.7 Å². The molecule has 1 amide bonds. The average molecular weight is 347 g/mol. The number of benzene rings is 1. The number of carbonyl (C=O) groups is 1. The predicted molar refractivity (Wildman–Crippen MR) is 91.1 cm³/mol. The molecule has 2 aromatic rings. The van der Waals surface area contributed by atoms with Gasteiger partial charge in [0.15, 0.2) is 0 Å². The first-order chi connectivity index (χ1) is 11.5. The minimum atomic E-state index is -3.70. The molecular formula is C17H21N3O3S. The lowest BCUT2D eigenvalue weighted by Gasteiger charge is -2.14. The summed E-state index contributed by atoms with van der Waals surface area (Å²) in [5.74, 6) is -0.148. The Hall–Kier alpha value is -2.12. The van der Waals surface area contributed by atoms with Gasteiger partial charge in [-0.3, -0.25) is 4.79 Å². The summed E-state index contributed by atoms with van der Waals surface area (Å²) in [4.78, 5) is 16.9. The zero-order valence-corrected chi connectivity index (χ0v) is 14.3. The van der Waals surface area contributed by atoms with E-state index in [9.17, 15) is 13.2 Å². The number of H-pyrrole nitrogens is 1. The Morgan fingerprint density at radius 2 is 1.88 bits per heavy atom. The molecule has 1 aliphatic rings. The van der Waals surface area contributed by atoms with Crippen LogP contribution in [0, 0.1) is 0 Å². The third-order valence-electron chi connectivity index (χ3n) is 4.22. The molecule has 24 heavy (non-hydrogen) atoms. The molecule has 3 rings (SSSR count). The highest BCUT2D eigenvalue weighted by Gasteiger charge is 2.24. The summed E-state index contributed by atoms with van der Waals surface area (Å²) in [6.07, 6.45) is 3.35. The molecule has 0 bridgehead atoms. The number of rotatable bonds is 5. The van der Waals surface area contributed by atoms with Gasteiger partial charge in [-0.05, 0) is 31.4 Å². The van der Waals surface area contributed by atoms with Gasteiger partial charge in [0, 0.05) is 25.3 Å². The summed E-state index contributed by atoms with van der Waals surface area (Å²) < 4.78 is 27.7. The standard InChI is InChI=1S/C17H21N3O3S/c1-13(14-7-3-2-4-8-14)19-24(22,23)15-11-16(18-12-15)17(21)20-9-5-6-10-20/h2-4,7-8,11-13,18-19H,5-6,9-10H2,1H3. The van der Waals surface area contributed by atoms with Crippen LogP contribution in [0.15, 0.2) is 47.5 Å². The number of carbonyl (C=O) groups excluding carboxylic acids is 1. The van der Waals surface area contributed by atoms with E-state index in [-0.39, 0.29) is 16.8 Å². The first kappa shape index (κ1) is 16.7. The van der Waals surface area contributed by atoms with Gasteiger partial charge in [0.05, 0.1) is 0 Å². The number of hydrogen-bond acceptors (Lipinski definition) is 3. The molecule has 0 saturated carbocycles. The molecule has 1 saturated heterocycles. The molecule has 1 aromatic heterocycles. The number of nitrogens with zero attached hydrogens (tertiary/aromatic N) is 1. The maximum atomic E-state index is 12.5. The molecule has 1 fully saturated rings. The van der Waals surface area contributed by atoms with Crippen LogP contribution in [-0.2, 0) is 10.0 Å². The zero-order chi connectivity index (χ0) is 17.2. The van der Waals surface area contributed by atoms with Crippen molar-refractivity contribution in [1.29, 1.82) is 0 Å². The van der Waals surface area contributed by atoms with E-state index >= 15 is 0 Å². The maximum Gasteiger partial charge on any atom is 0.270 e. The number of sulfonamides is 1. The van der Waals surface area contributed by atoms with Gasteiger partial charge in [-0.1, -0.05) is 30.3 Å². The van der Waals surface area contributed by atoms with Crippen molar-refractivity contribution < 1.29 is 13.2 Å². The van der Waals surface area contributed by atoms with E-state index in [1.807, 2.05) is 30.3 Å². The second-order valence-corrected chi connectivity index (χ2v) is 7.72. The maximum absolute atomic E-state index is 12.5. The van der Waals surface area contributed by atoms with Crippen molar-refractivity contribution in [2.24, 2.45) is 0 Å². The highest BCUT2D eigenvalue weighted by molar-refractivity contribution is 7.89. The Kier molecular flexibility index (Phi) is 4.73. The smallest absolute Gasteiger partial charge is 0.270 e. The molecule has 0 spiro atoms. The Morgan fingerprint density at radius 1 is 1.21 bits per heavy atom. The van der Waals surface area contributed by atoms with Crippen LogP contribution in [0.1, 0.15) is 41.9 Å². The predicted octanol–water partition coefficient (Wildman–Crippen LogP) is 2.29. The van der Waals surface area contributed by atoms with Crippen LogP contribution in [0.2, 0.25) is 0 Å². The lowest BCUT2D eigenvalue weighted by molar-refractivity contribution is 0.0787. The molecule has 2 N–H and O–H groups in total. The first-order valence-electron chi connectivity index (χ1n) is 8.02. The number of aromatic nitrogens is 1. The van der Waals surface area contributed by atoms with Crippen LogP contribution in [0.3, 0.4) is 0 Å². The summed E-state index contributed by atoms with van der Waals surface area (Å²) in [6.45, 7) is 3.24. The number of nitrogens with one attached hydrogen (secondary N) is 2. The molecule has 128 valence electrons. The summed E-state index contributed by atoms with van der Waals surface area (Å²) in [5, 5.41) is 0. The minimum absolute atomic E-state index is 0.0767. The largest absolute Gasteiger partial charge is 0.356 e. The second kappa shape index (κ2) is 6.78. The number of amides is 1. The summed E-state index contributed by atoms with van der Waals surface area (Å²) in [5.41, 5.74) is 1.19. The third kappa shape index (κ3) is 3.52. The van der Waals surface area contributed by atoms with Crippen molar-refractivity contribution in [2.75, 3.05) is 13.1 Å². The van der Waals surface area contributed by atoms with E-state index in [4.69, 9.17) is 0 Å². The topological polar surface area (TPSA) is 82.3 Å². The third-order valence-corrected chi connectivity index (χ3v) is 5.74. The van der Waals surface area contributed by atoms with Crippen molar-refractivity contribution >= 4 is 15.9 Å². The lowest BCUT2D eigenvalue weighted by Crippen LogP contribution is -2.28. The van der Waals surface area contributed by atoms with Crippen LogP contribution in [-0.4, -0.2) is 37.3 Å². The van der Waals surface area contributed by atoms with Gasteiger partial charge in [-0.15, -0.1) is 0 Å². The van der Waals surface area contributed by atoms with Crippen LogP contribution >= 0.6 is 0 Å². The molecule has 1 unspecified atom stereocenters. The molecule has 0 aliphatic carbocycles. The molecule has 1 aromatic carbocycles. The zero-order valence-electron chi connectivity index (χ0n) is 13.5. The van der Waals surface area contributed by atoms with E-state index < -0.39 is 10.0 Å². The molecule has 1 atom stereocenters. The van der Waals surface area contributed by atoms with Gasteiger partial charge in [-0.25, -0.2) is 13.1 Å². The Bertz CT molecular complexity index is 809. The lowest BCUT2D eigenvalue weighted by atomic mass is 10.1. The Balaban J connectivity index is 1.74. The van der Waals surface area contributed by atoms with E-state index in [2.05, 4.69) is 9.71 Å². The highest BCUT2D eigenvalue weighted by atomic mass is 32.2. The van der Waals surface area contributed by atoms with E-state index in [0.29, 0.717) is 5.69 Å². The monoisotopic (exact) mass is 347 g/mol. The average Bonchev–Trinajstić information content (AvgIpc) is 3.26. The normalized spacial score (nSPS) is 16.3. The van der Waals surface area contributed by atoms with Crippen LogP contribution in [0.25, 0.3) is 0 Å². The molecule has 2 heterocycles. The first-order valence-corrected chi connectivity index (χ1v) is 9.51. The highest BCUT2D eigenvalue weighted by Crippen LogP contribution is 2.19. The van der Waals surface area contributed by atoms with E-state index in [1.165, 1.54) is 12.3 Å². The van der Waals surface area contributed by atoms with Crippen molar-refractivity contribution in [3.8, 4) is 0 Å². The summed E-state index contributed by atoms with van der Waals surface area (Å²) in [7, 11) is -3.70. The van der Waals surface area contributed by atoms with E-state index in [0.717, 1.165) is 31.5 Å². The fourth-order valence-electron chi connectivity index (χ4n) is 2.85. The number of aromatic amines is 1. The van der Waals surface area contributed by atoms with Gasteiger partial charge < -0.3 is 9.88 Å². The fraction of sp³-hybridized carbons (Fsp3) is 0.353. The van der Waals surface area contributed by atoms with Crippen molar-refractivity contribution in [3.05, 3.63) is 53.9 Å². The van der Waals surface area contributed by atoms with Crippen molar-refractivity contribution in [3.63, 3.8) is 0 Å². The molecule has 7 heteroatoms. The summed E-state index contributed by atoms with van der Waals surface area (Å²) in [6, 6.07) is 10.4. The van der Waals surface area contributed by atoms with E-state index in [1.54, 1.807) is 11.8 Å². The van der Waals surface area contributed by atoms with Crippen LogP contribution in [0.5, 0.6) is 0 Å². The van der Waals surface area contributed by atoms with Gasteiger partial charge >= 0.3 is 0 Å². The molecular weight excluding hydrogens is 326 g/mol.